The minimum absolute atomic E-state index is 0. The highest BCUT2D eigenvalue weighted by molar-refractivity contribution is 7.90. The fraction of sp³-hybridized carbons (Fsp3) is 0.500. The molecule has 1 fully saturated rings. The van der Waals surface area contributed by atoms with Crippen molar-refractivity contribution in [2.45, 2.75) is 17.9 Å². The van der Waals surface area contributed by atoms with Crippen LogP contribution in [0.4, 0.5) is 0 Å². The molecule has 10 heteroatoms. The molecule has 2 heterocycles. The second-order valence-electron chi connectivity index (χ2n) is 6.14. The number of carbonyl (C=O) groups is 2. The van der Waals surface area contributed by atoms with Crippen molar-refractivity contribution < 1.29 is 22.7 Å². The fourth-order valence-electron chi connectivity index (χ4n) is 3.11. The van der Waals surface area contributed by atoms with Crippen molar-refractivity contribution in [3.05, 3.63) is 29.3 Å². The molecule has 0 unspecified atom stereocenters. The first kappa shape index (κ1) is 20.6. The van der Waals surface area contributed by atoms with Crippen LogP contribution >= 0.6 is 12.4 Å². The second-order valence-corrected chi connectivity index (χ2v) is 7.97. The molecule has 26 heavy (non-hydrogen) atoms. The first-order valence-electron chi connectivity index (χ1n) is 8.09. The van der Waals surface area contributed by atoms with Gasteiger partial charge in [-0.25, -0.2) is 12.7 Å². The number of hydrogen-bond donors (Lipinski definition) is 1. The van der Waals surface area contributed by atoms with Crippen LogP contribution in [0.15, 0.2) is 23.1 Å². The Morgan fingerprint density at radius 1 is 1.38 bits per heavy atom. The molecule has 3 rings (SSSR count). The number of halogens is 1. The predicted octanol–water partition coefficient (Wildman–Crippen LogP) is 0.333. The summed E-state index contributed by atoms with van der Waals surface area (Å²) in [6, 6.07) is 4.27. The van der Waals surface area contributed by atoms with E-state index in [9.17, 15) is 18.0 Å². The van der Waals surface area contributed by atoms with Crippen molar-refractivity contribution in [3.63, 3.8) is 0 Å². The first-order chi connectivity index (χ1) is 11.9. The SMILES string of the molecule is COCCN1C(=O)c2ccc(C(=O)N3CCNC[C@H]3C)cc2S1(=O)=O.Cl. The number of amides is 2. The van der Waals surface area contributed by atoms with E-state index in [1.807, 2.05) is 6.92 Å². The number of fused-ring (bicyclic) bond motifs is 1. The lowest BCUT2D eigenvalue weighted by atomic mass is 10.1. The minimum atomic E-state index is -3.95. The average Bonchev–Trinajstić information content (AvgIpc) is 2.79. The van der Waals surface area contributed by atoms with E-state index >= 15 is 0 Å². The van der Waals surface area contributed by atoms with E-state index in [1.165, 1.54) is 25.3 Å². The van der Waals surface area contributed by atoms with Gasteiger partial charge in [0.05, 0.1) is 18.7 Å². The number of ether oxygens (including phenoxy) is 1. The van der Waals surface area contributed by atoms with Gasteiger partial charge in [0.25, 0.3) is 21.8 Å². The molecular formula is C16H22ClN3O5S. The van der Waals surface area contributed by atoms with Gasteiger partial charge in [0.15, 0.2) is 0 Å². The summed E-state index contributed by atoms with van der Waals surface area (Å²) in [5.41, 5.74) is 0.374. The molecule has 0 aromatic heterocycles. The van der Waals surface area contributed by atoms with E-state index in [4.69, 9.17) is 4.74 Å². The van der Waals surface area contributed by atoms with Crippen molar-refractivity contribution in [1.82, 2.24) is 14.5 Å². The summed E-state index contributed by atoms with van der Waals surface area (Å²) >= 11 is 0. The summed E-state index contributed by atoms with van der Waals surface area (Å²) < 4.78 is 30.9. The third kappa shape index (κ3) is 3.44. The van der Waals surface area contributed by atoms with Gasteiger partial charge in [0.2, 0.25) is 0 Å². The van der Waals surface area contributed by atoms with Gasteiger partial charge in [-0.1, -0.05) is 0 Å². The highest BCUT2D eigenvalue weighted by Gasteiger charge is 2.41. The van der Waals surface area contributed by atoms with Crippen molar-refractivity contribution in [1.29, 1.82) is 0 Å². The topological polar surface area (TPSA) is 96.0 Å². The van der Waals surface area contributed by atoms with Gasteiger partial charge in [0.1, 0.15) is 4.90 Å². The summed E-state index contributed by atoms with van der Waals surface area (Å²) in [6.07, 6.45) is 0. The van der Waals surface area contributed by atoms with Crippen LogP contribution in [0.25, 0.3) is 0 Å². The number of nitrogens with zero attached hydrogens (tertiary/aromatic N) is 2. The van der Waals surface area contributed by atoms with Gasteiger partial charge >= 0.3 is 0 Å². The molecule has 2 aliphatic heterocycles. The zero-order valence-electron chi connectivity index (χ0n) is 14.6. The summed E-state index contributed by atoms with van der Waals surface area (Å²) in [5, 5.41) is 3.20. The molecule has 0 saturated carbocycles. The molecule has 1 aromatic rings. The van der Waals surface area contributed by atoms with Gasteiger partial charge in [-0.05, 0) is 25.1 Å². The standard InChI is InChI=1S/C16H21N3O5S.ClH/c1-11-10-17-5-6-18(11)15(20)12-3-4-13-14(9-12)25(22,23)19(16(13)21)7-8-24-2;/h3-4,9,11,17H,5-8,10H2,1-2H3;1H/t11-;/m1./s1. The summed E-state index contributed by atoms with van der Waals surface area (Å²) in [6.45, 7) is 3.95. The predicted molar refractivity (Wildman–Crippen MR) is 97.2 cm³/mol. The molecular weight excluding hydrogens is 382 g/mol. The maximum Gasteiger partial charge on any atom is 0.269 e. The van der Waals surface area contributed by atoms with Gasteiger partial charge < -0.3 is 15.0 Å². The van der Waals surface area contributed by atoms with E-state index < -0.39 is 15.9 Å². The van der Waals surface area contributed by atoms with Crippen LogP contribution in [0.5, 0.6) is 0 Å². The molecule has 1 aromatic carbocycles. The lowest BCUT2D eigenvalue weighted by Crippen LogP contribution is -2.52. The number of methoxy groups -OCH3 is 1. The fourth-order valence-corrected chi connectivity index (χ4v) is 4.69. The Labute approximate surface area is 158 Å². The zero-order chi connectivity index (χ0) is 18.2. The maximum atomic E-state index is 12.7. The summed E-state index contributed by atoms with van der Waals surface area (Å²) in [4.78, 5) is 26.7. The van der Waals surface area contributed by atoms with Crippen molar-refractivity contribution >= 4 is 34.2 Å². The Hall–Kier alpha value is -1.68. The van der Waals surface area contributed by atoms with Gasteiger partial charge in [-0.15, -0.1) is 12.4 Å². The summed E-state index contributed by atoms with van der Waals surface area (Å²) in [5.74, 6) is -0.809. The van der Waals surface area contributed by atoms with Crippen molar-refractivity contribution in [3.8, 4) is 0 Å². The Morgan fingerprint density at radius 3 is 2.77 bits per heavy atom. The second kappa shape index (κ2) is 7.91. The lowest BCUT2D eigenvalue weighted by Gasteiger charge is -2.34. The largest absolute Gasteiger partial charge is 0.383 e. The highest BCUT2D eigenvalue weighted by Crippen LogP contribution is 2.31. The molecule has 1 atom stereocenters. The van der Waals surface area contributed by atoms with E-state index in [1.54, 1.807) is 4.90 Å². The number of nitrogens with one attached hydrogen (secondary N) is 1. The van der Waals surface area contributed by atoms with Crippen LogP contribution in [-0.4, -0.2) is 75.4 Å². The van der Waals surface area contributed by atoms with Crippen LogP contribution in [-0.2, 0) is 14.8 Å². The van der Waals surface area contributed by atoms with Crippen LogP contribution in [0, 0.1) is 0 Å². The molecule has 0 radical (unpaired) electrons. The molecule has 8 nitrogen and oxygen atoms in total. The van der Waals surface area contributed by atoms with Gasteiger partial charge in [-0.3, -0.25) is 9.59 Å². The molecule has 0 spiro atoms. The molecule has 2 amide bonds. The van der Waals surface area contributed by atoms with Crippen LogP contribution in [0.1, 0.15) is 27.6 Å². The molecule has 1 N–H and O–H groups in total. The van der Waals surface area contributed by atoms with Crippen LogP contribution < -0.4 is 5.32 Å². The Kier molecular flexibility index (Phi) is 6.28. The third-order valence-electron chi connectivity index (χ3n) is 4.51. The number of carbonyl (C=O) groups excluding carboxylic acids is 2. The summed E-state index contributed by atoms with van der Waals surface area (Å²) in [7, 11) is -2.51. The molecule has 2 aliphatic rings. The van der Waals surface area contributed by atoms with E-state index in [-0.39, 0.29) is 53.5 Å². The van der Waals surface area contributed by atoms with E-state index in [2.05, 4.69) is 5.32 Å². The third-order valence-corrected chi connectivity index (χ3v) is 6.34. The monoisotopic (exact) mass is 403 g/mol. The van der Waals surface area contributed by atoms with Gasteiger partial charge in [0, 0.05) is 38.3 Å². The molecule has 0 aliphatic carbocycles. The smallest absolute Gasteiger partial charge is 0.269 e. The minimum Gasteiger partial charge on any atom is -0.383 e. The lowest BCUT2D eigenvalue weighted by molar-refractivity contribution is 0.0655. The van der Waals surface area contributed by atoms with Crippen molar-refractivity contribution in [2.75, 3.05) is 39.9 Å². The number of piperazine rings is 1. The van der Waals surface area contributed by atoms with Crippen LogP contribution in [0.3, 0.4) is 0 Å². The zero-order valence-corrected chi connectivity index (χ0v) is 16.2. The van der Waals surface area contributed by atoms with E-state index in [0.29, 0.717) is 19.6 Å². The highest BCUT2D eigenvalue weighted by atomic mass is 35.5. The average molecular weight is 404 g/mol. The van der Waals surface area contributed by atoms with Crippen molar-refractivity contribution in [2.24, 2.45) is 0 Å². The van der Waals surface area contributed by atoms with E-state index in [0.717, 1.165) is 4.31 Å². The number of sulfonamides is 1. The van der Waals surface area contributed by atoms with Crippen LogP contribution in [0.2, 0.25) is 0 Å². The van der Waals surface area contributed by atoms with Gasteiger partial charge in [-0.2, -0.15) is 0 Å². The maximum absolute atomic E-state index is 12.7. The molecule has 144 valence electrons. The number of hydrogen-bond acceptors (Lipinski definition) is 6. The Bertz CT molecular complexity index is 814. The molecule has 0 bridgehead atoms. The number of benzene rings is 1. The number of rotatable bonds is 4. The first-order valence-corrected chi connectivity index (χ1v) is 9.53. The molecule has 1 saturated heterocycles. The Morgan fingerprint density at radius 2 is 2.12 bits per heavy atom. The quantitative estimate of drug-likeness (QED) is 0.778. The Balaban J connectivity index is 0.00000243. The normalized spacial score (nSPS) is 21.3.